The molecular weight excluding hydrogens is 182 g/mol. The van der Waals surface area contributed by atoms with E-state index in [1.807, 2.05) is 0 Å². The van der Waals surface area contributed by atoms with Gasteiger partial charge in [-0.15, -0.1) is 12.4 Å². The monoisotopic (exact) mass is 195 g/mol. The molecule has 0 bridgehead atoms. The van der Waals surface area contributed by atoms with E-state index in [0.29, 0.717) is 6.42 Å². The number of carbonyl (C=O) groups is 1. The first kappa shape index (κ1) is 11.7. The quantitative estimate of drug-likeness (QED) is 0.593. The van der Waals surface area contributed by atoms with E-state index in [1.165, 1.54) is 0 Å². The summed E-state index contributed by atoms with van der Waals surface area (Å²) < 4.78 is 4.90. The number of carbonyl (C=O) groups excluding carboxylic acids is 1. The Hall–Kier alpha value is -0.320. The zero-order valence-corrected chi connectivity index (χ0v) is 7.71. The van der Waals surface area contributed by atoms with Gasteiger partial charge in [0, 0.05) is 0 Å². The van der Waals surface area contributed by atoms with Crippen molar-refractivity contribution < 1.29 is 14.6 Å². The third-order valence-electron chi connectivity index (χ3n) is 1.94. The molecule has 0 spiro atoms. The zero-order chi connectivity index (χ0) is 8.43. The molecule has 72 valence electrons. The molecule has 3 atom stereocenters. The van der Waals surface area contributed by atoms with Crippen LogP contribution in [0.5, 0.6) is 0 Å². The Balaban J connectivity index is 0.00000121. The van der Waals surface area contributed by atoms with Crippen LogP contribution in [0.15, 0.2) is 0 Å². The number of rotatable bonds is 2. The summed E-state index contributed by atoms with van der Waals surface area (Å²) in [7, 11) is 0. The van der Waals surface area contributed by atoms with Crippen molar-refractivity contribution in [3.05, 3.63) is 0 Å². The maximum Gasteiger partial charge on any atom is 0.309 e. The maximum absolute atomic E-state index is 10.8. The number of nitrogens with two attached hydrogens (primary N) is 1. The molecule has 1 aliphatic rings. The second-order valence-corrected chi connectivity index (χ2v) is 2.96. The van der Waals surface area contributed by atoms with Crippen LogP contribution in [-0.4, -0.2) is 29.8 Å². The molecule has 0 unspecified atom stereocenters. The van der Waals surface area contributed by atoms with Gasteiger partial charge in [0.1, 0.15) is 6.10 Å². The lowest BCUT2D eigenvalue weighted by atomic mass is 10.0. The van der Waals surface area contributed by atoms with Crippen LogP contribution in [0.2, 0.25) is 0 Å². The summed E-state index contributed by atoms with van der Waals surface area (Å²) in [5, 5.41) is 8.65. The van der Waals surface area contributed by atoms with Crippen LogP contribution >= 0.6 is 12.4 Å². The van der Waals surface area contributed by atoms with E-state index >= 15 is 0 Å². The lowest BCUT2D eigenvalue weighted by Gasteiger charge is -2.14. The summed E-state index contributed by atoms with van der Waals surface area (Å²) >= 11 is 0. The molecular formula is C7H14ClNO3. The molecule has 0 aromatic carbocycles. The van der Waals surface area contributed by atoms with E-state index < -0.39 is 6.04 Å². The summed E-state index contributed by atoms with van der Waals surface area (Å²) in [5.41, 5.74) is 5.48. The van der Waals surface area contributed by atoms with Crippen molar-refractivity contribution in [2.45, 2.75) is 25.5 Å². The second-order valence-electron chi connectivity index (χ2n) is 2.96. The van der Waals surface area contributed by atoms with Gasteiger partial charge >= 0.3 is 5.97 Å². The minimum atomic E-state index is -0.427. The number of aliphatic hydroxyl groups is 1. The summed E-state index contributed by atoms with van der Waals surface area (Å²) in [4.78, 5) is 10.8. The minimum absolute atomic E-state index is 0. The largest absolute Gasteiger partial charge is 0.460 e. The number of cyclic esters (lactones) is 1. The van der Waals surface area contributed by atoms with Crippen molar-refractivity contribution in [2.24, 2.45) is 11.7 Å². The Morgan fingerprint density at radius 1 is 1.83 bits per heavy atom. The topological polar surface area (TPSA) is 72.6 Å². The standard InChI is InChI=1S/C7H13NO3.ClH/c1-4-2-6(5(8)3-9)11-7(4)10;/h4-6,9H,2-3,8H2,1H3;1H/t4-,5+,6+;/m1./s1. The molecule has 0 aromatic rings. The highest BCUT2D eigenvalue weighted by molar-refractivity contribution is 5.85. The van der Waals surface area contributed by atoms with Gasteiger partial charge in [0.15, 0.2) is 0 Å². The third-order valence-corrected chi connectivity index (χ3v) is 1.94. The highest BCUT2D eigenvalue weighted by Gasteiger charge is 2.34. The molecule has 3 N–H and O–H groups in total. The van der Waals surface area contributed by atoms with Gasteiger partial charge in [-0.25, -0.2) is 0 Å². The molecule has 1 rings (SSSR count). The van der Waals surface area contributed by atoms with E-state index in [0.717, 1.165) is 0 Å². The normalized spacial score (nSPS) is 30.8. The van der Waals surface area contributed by atoms with Crippen LogP contribution in [0.1, 0.15) is 13.3 Å². The van der Waals surface area contributed by atoms with Crippen molar-refractivity contribution in [1.82, 2.24) is 0 Å². The highest BCUT2D eigenvalue weighted by Crippen LogP contribution is 2.21. The minimum Gasteiger partial charge on any atom is -0.460 e. The number of hydrogen-bond donors (Lipinski definition) is 2. The first-order valence-electron chi connectivity index (χ1n) is 3.72. The number of hydrogen-bond acceptors (Lipinski definition) is 4. The molecule has 1 saturated heterocycles. The van der Waals surface area contributed by atoms with Gasteiger partial charge in [-0.1, -0.05) is 6.92 Å². The van der Waals surface area contributed by atoms with E-state index in [1.54, 1.807) is 6.92 Å². The Morgan fingerprint density at radius 2 is 2.42 bits per heavy atom. The van der Waals surface area contributed by atoms with Crippen LogP contribution in [0.25, 0.3) is 0 Å². The second kappa shape index (κ2) is 4.64. The molecule has 0 amide bonds. The molecule has 0 saturated carbocycles. The Morgan fingerprint density at radius 3 is 2.75 bits per heavy atom. The van der Waals surface area contributed by atoms with Crippen LogP contribution < -0.4 is 5.73 Å². The predicted molar refractivity (Wildman–Crippen MR) is 46.0 cm³/mol. The fraction of sp³-hybridized carbons (Fsp3) is 0.857. The van der Waals surface area contributed by atoms with E-state index in [2.05, 4.69) is 0 Å². The number of ether oxygens (including phenoxy) is 1. The first-order valence-corrected chi connectivity index (χ1v) is 3.72. The van der Waals surface area contributed by atoms with Crippen molar-refractivity contribution in [2.75, 3.05) is 6.61 Å². The fourth-order valence-electron chi connectivity index (χ4n) is 1.14. The summed E-state index contributed by atoms with van der Waals surface area (Å²) in [6.07, 6.45) is 0.336. The molecule has 5 heteroatoms. The van der Waals surface area contributed by atoms with Gasteiger partial charge < -0.3 is 15.6 Å². The Labute approximate surface area is 77.5 Å². The SMILES string of the molecule is C[C@@H]1C[C@@H]([C@@H](N)CO)OC1=O.Cl. The van der Waals surface area contributed by atoms with E-state index in [4.69, 9.17) is 15.6 Å². The van der Waals surface area contributed by atoms with Gasteiger partial charge in [-0.3, -0.25) is 4.79 Å². The van der Waals surface area contributed by atoms with Gasteiger partial charge in [-0.05, 0) is 6.42 Å². The predicted octanol–water partition coefficient (Wildman–Crippen LogP) is -0.321. The van der Waals surface area contributed by atoms with Crippen molar-refractivity contribution >= 4 is 18.4 Å². The first-order chi connectivity index (χ1) is 5.15. The highest BCUT2D eigenvalue weighted by atomic mass is 35.5. The number of esters is 1. The van der Waals surface area contributed by atoms with Gasteiger partial charge in [0.25, 0.3) is 0 Å². The van der Waals surface area contributed by atoms with Crippen molar-refractivity contribution in [3.63, 3.8) is 0 Å². The molecule has 0 radical (unpaired) electrons. The van der Waals surface area contributed by atoms with Crippen molar-refractivity contribution in [3.8, 4) is 0 Å². The summed E-state index contributed by atoms with van der Waals surface area (Å²) in [6, 6.07) is -0.427. The van der Waals surface area contributed by atoms with Crippen LogP contribution in [0, 0.1) is 5.92 Å². The number of aliphatic hydroxyl groups excluding tert-OH is 1. The van der Waals surface area contributed by atoms with Gasteiger partial charge in [0.2, 0.25) is 0 Å². The molecule has 4 nitrogen and oxygen atoms in total. The smallest absolute Gasteiger partial charge is 0.309 e. The maximum atomic E-state index is 10.8. The molecule has 12 heavy (non-hydrogen) atoms. The molecule has 1 heterocycles. The zero-order valence-electron chi connectivity index (χ0n) is 6.90. The Kier molecular flexibility index (Phi) is 4.52. The lowest BCUT2D eigenvalue weighted by Crippen LogP contribution is -2.37. The summed E-state index contributed by atoms with van der Waals surface area (Å²) in [6.45, 7) is 1.66. The Bertz CT molecular complexity index is 165. The molecule has 0 aliphatic carbocycles. The van der Waals surface area contributed by atoms with E-state index in [9.17, 15) is 4.79 Å². The van der Waals surface area contributed by atoms with Crippen LogP contribution in [0.4, 0.5) is 0 Å². The number of halogens is 1. The van der Waals surface area contributed by atoms with Gasteiger partial charge in [-0.2, -0.15) is 0 Å². The van der Waals surface area contributed by atoms with Crippen LogP contribution in [-0.2, 0) is 9.53 Å². The van der Waals surface area contributed by atoms with Crippen molar-refractivity contribution in [1.29, 1.82) is 0 Å². The summed E-state index contributed by atoms with van der Waals surface area (Å²) in [5.74, 6) is -0.281. The average molecular weight is 196 g/mol. The fourth-order valence-corrected chi connectivity index (χ4v) is 1.14. The van der Waals surface area contributed by atoms with Gasteiger partial charge in [0.05, 0.1) is 18.6 Å². The molecule has 1 aliphatic heterocycles. The third kappa shape index (κ3) is 2.33. The molecule has 0 aromatic heterocycles. The van der Waals surface area contributed by atoms with Crippen LogP contribution in [0.3, 0.4) is 0 Å². The molecule has 1 fully saturated rings. The lowest BCUT2D eigenvalue weighted by molar-refractivity contribution is -0.144. The average Bonchev–Trinajstić information content (AvgIpc) is 2.31. The van der Waals surface area contributed by atoms with E-state index in [-0.39, 0.29) is 37.0 Å².